The van der Waals surface area contributed by atoms with E-state index >= 15 is 0 Å². The molecular formula is C13H27ClN2OS. The molecule has 0 aromatic heterocycles. The summed E-state index contributed by atoms with van der Waals surface area (Å²) in [5.41, 5.74) is 5.80. The highest BCUT2D eigenvalue weighted by atomic mass is 35.5. The molecule has 1 amide bonds. The molecule has 3 atom stereocenters. The van der Waals surface area contributed by atoms with Crippen molar-refractivity contribution in [3.63, 3.8) is 0 Å². The minimum Gasteiger partial charge on any atom is -0.351 e. The van der Waals surface area contributed by atoms with Crippen molar-refractivity contribution in [3.05, 3.63) is 0 Å². The molecule has 0 heterocycles. The number of carbonyl (C=O) groups excluding carboxylic acids is 1. The van der Waals surface area contributed by atoms with Gasteiger partial charge in [-0.15, -0.1) is 12.4 Å². The Bertz CT molecular complexity index is 268. The molecule has 5 heteroatoms. The topological polar surface area (TPSA) is 55.1 Å². The molecular weight excluding hydrogens is 268 g/mol. The lowest BCUT2D eigenvalue weighted by Gasteiger charge is -2.28. The van der Waals surface area contributed by atoms with Crippen LogP contribution in [0.5, 0.6) is 0 Å². The van der Waals surface area contributed by atoms with Crippen LogP contribution in [0.2, 0.25) is 0 Å². The Hall–Kier alpha value is 0.0700. The molecule has 1 aliphatic rings. The van der Waals surface area contributed by atoms with Crippen molar-refractivity contribution in [1.29, 1.82) is 0 Å². The number of carbonyl (C=O) groups is 1. The fourth-order valence-electron chi connectivity index (χ4n) is 2.17. The Morgan fingerprint density at radius 3 is 2.56 bits per heavy atom. The van der Waals surface area contributed by atoms with Crippen molar-refractivity contribution in [2.45, 2.75) is 64.3 Å². The molecule has 0 spiro atoms. The maximum absolute atomic E-state index is 12.1. The summed E-state index contributed by atoms with van der Waals surface area (Å²) in [6.45, 7) is 8.18. The van der Waals surface area contributed by atoms with Crippen molar-refractivity contribution in [1.82, 2.24) is 5.32 Å². The van der Waals surface area contributed by atoms with Gasteiger partial charge in [0.15, 0.2) is 0 Å². The minimum absolute atomic E-state index is 0. The van der Waals surface area contributed by atoms with Crippen molar-refractivity contribution in [3.8, 4) is 0 Å². The van der Waals surface area contributed by atoms with Crippen molar-refractivity contribution < 1.29 is 4.79 Å². The third kappa shape index (κ3) is 4.98. The lowest BCUT2D eigenvalue weighted by atomic mass is 9.87. The van der Waals surface area contributed by atoms with Crippen LogP contribution in [0.15, 0.2) is 0 Å². The average molecular weight is 295 g/mol. The van der Waals surface area contributed by atoms with Gasteiger partial charge in [0.2, 0.25) is 5.91 Å². The Labute approximate surface area is 121 Å². The molecule has 3 N–H and O–H groups in total. The van der Waals surface area contributed by atoms with Crippen LogP contribution >= 0.6 is 24.2 Å². The van der Waals surface area contributed by atoms with Gasteiger partial charge in [0.05, 0.1) is 6.04 Å². The zero-order valence-corrected chi connectivity index (χ0v) is 13.5. The largest absolute Gasteiger partial charge is 0.351 e. The van der Waals surface area contributed by atoms with E-state index in [0.29, 0.717) is 11.3 Å². The van der Waals surface area contributed by atoms with Crippen LogP contribution in [0.1, 0.15) is 47.0 Å². The molecule has 1 saturated carbocycles. The standard InChI is InChI=1S/C13H26N2OS.ClH/c1-5-17-10-8-6-7-9(10)15-12(16)11(14)13(2,3)4;/h9-11H,5-8,14H2,1-4H3,(H,15,16);1H/t9?,10?,11-;/m1./s1. The molecule has 1 rings (SSSR count). The van der Waals surface area contributed by atoms with Crippen molar-refractivity contribution in [2.24, 2.45) is 11.1 Å². The summed E-state index contributed by atoms with van der Waals surface area (Å²) in [4.78, 5) is 12.1. The van der Waals surface area contributed by atoms with E-state index < -0.39 is 6.04 Å². The number of thioether (sulfide) groups is 1. The van der Waals surface area contributed by atoms with E-state index in [1.165, 1.54) is 12.8 Å². The molecule has 1 fully saturated rings. The van der Waals surface area contributed by atoms with E-state index in [2.05, 4.69) is 12.2 Å². The third-order valence-electron chi connectivity index (χ3n) is 3.38. The lowest BCUT2D eigenvalue weighted by molar-refractivity contribution is -0.125. The number of halogens is 1. The second kappa shape index (κ2) is 7.61. The molecule has 0 bridgehead atoms. The highest BCUT2D eigenvalue weighted by molar-refractivity contribution is 7.99. The van der Waals surface area contributed by atoms with Crippen LogP contribution in [0, 0.1) is 5.41 Å². The molecule has 0 aromatic rings. The molecule has 3 nitrogen and oxygen atoms in total. The number of rotatable bonds is 4. The third-order valence-corrected chi connectivity index (χ3v) is 4.70. The summed E-state index contributed by atoms with van der Waals surface area (Å²) in [5.74, 6) is 1.12. The predicted molar refractivity (Wildman–Crippen MR) is 82.4 cm³/mol. The van der Waals surface area contributed by atoms with E-state index in [9.17, 15) is 4.79 Å². The van der Waals surface area contributed by atoms with Crippen molar-refractivity contribution in [2.75, 3.05) is 5.75 Å². The molecule has 18 heavy (non-hydrogen) atoms. The lowest BCUT2D eigenvalue weighted by Crippen LogP contribution is -2.52. The molecule has 1 aliphatic carbocycles. The van der Waals surface area contributed by atoms with E-state index in [-0.39, 0.29) is 23.7 Å². The first-order chi connectivity index (χ1) is 7.86. The Morgan fingerprint density at radius 2 is 2.06 bits per heavy atom. The van der Waals surface area contributed by atoms with Gasteiger partial charge in [-0.1, -0.05) is 34.1 Å². The zero-order chi connectivity index (χ0) is 13.1. The highest BCUT2D eigenvalue weighted by Gasteiger charge is 2.33. The van der Waals surface area contributed by atoms with Gasteiger partial charge in [-0.3, -0.25) is 4.79 Å². The number of amides is 1. The summed E-state index contributed by atoms with van der Waals surface area (Å²) in [5, 5.41) is 3.72. The van der Waals surface area contributed by atoms with Gasteiger partial charge < -0.3 is 11.1 Å². The van der Waals surface area contributed by atoms with E-state index in [1.54, 1.807) is 0 Å². The van der Waals surface area contributed by atoms with Crippen molar-refractivity contribution >= 4 is 30.1 Å². The minimum atomic E-state index is -0.421. The molecule has 0 aromatic carbocycles. The smallest absolute Gasteiger partial charge is 0.237 e. The number of nitrogens with one attached hydrogen (secondary N) is 1. The molecule has 0 aliphatic heterocycles. The van der Waals surface area contributed by atoms with Crippen LogP contribution in [-0.2, 0) is 4.79 Å². The van der Waals surface area contributed by atoms with Gasteiger partial charge in [-0.25, -0.2) is 0 Å². The summed E-state index contributed by atoms with van der Waals surface area (Å²) < 4.78 is 0. The predicted octanol–water partition coefficient (Wildman–Crippen LogP) is 2.57. The number of hydrogen-bond acceptors (Lipinski definition) is 3. The maximum atomic E-state index is 12.1. The quantitative estimate of drug-likeness (QED) is 0.838. The molecule has 2 unspecified atom stereocenters. The van der Waals surface area contributed by atoms with E-state index in [1.807, 2.05) is 32.5 Å². The summed E-state index contributed by atoms with van der Waals surface area (Å²) in [6.07, 6.45) is 3.53. The highest BCUT2D eigenvalue weighted by Crippen LogP contribution is 2.30. The number of nitrogens with two attached hydrogens (primary N) is 1. The summed E-state index contributed by atoms with van der Waals surface area (Å²) in [6, 6.07) is -0.101. The van der Waals surface area contributed by atoms with E-state index in [4.69, 9.17) is 5.73 Å². The number of hydrogen-bond donors (Lipinski definition) is 2. The second-order valence-corrected chi connectivity index (χ2v) is 7.40. The van der Waals surface area contributed by atoms with Crippen LogP contribution in [-0.4, -0.2) is 29.0 Å². The monoisotopic (exact) mass is 294 g/mol. The summed E-state index contributed by atoms with van der Waals surface area (Å²) in [7, 11) is 0. The molecule has 0 saturated heterocycles. The fourth-order valence-corrected chi connectivity index (χ4v) is 3.37. The van der Waals surface area contributed by atoms with Crippen LogP contribution in [0.4, 0.5) is 0 Å². The maximum Gasteiger partial charge on any atom is 0.237 e. The average Bonchev–Trinajstić information content (AvgIpc) is 2.64. The van der Waals surface area contributed by atoms with Gasteiger partial charge in [-0.2, -0.15) is 11.8 Å². The first-order valence-corrected chi connectivity index (χ1v) is 7.58. The zero-order valence-electron chi connectivity index (χ0n) is 11.9. The van der Waals surface area contributed by atoms with Gasteiger partial charge in [0.25, 0.3) is 0 Å². The fraction of sp³-hybridized carbons (Fsp3) is 0.923. The first-order valence-electron chi connectivity index (χ1n) is 6.53. The van der Waals surface area contributed by atoms with Crippen LogP contribution in [0.3, 0.4) is 0 Å². The van der Waals surface area contributed by atoms with Gasteiger partial charge >= 0.3 is 0 Å². The molecule has 0 radical (unpaired) electrons. The Balaban J connectivity index is 0.00000289. The second-order valence-electron chi connectivity index (χ2n) is 5.88. The van der Waals surface area contributed by atoms with Gasteiger partial charge in [-0.05, 0) is 24.0 Å². The van der Waals surface area contributed by atoms with Gasteiger partial charge in [0.1, 0.15) is 0 Å². The summed E-state index contributed by atoms with van der Waals surface area (Å²) >= 11 is 1.95. The van der Waals surface area contributed by atoms with E-state index in [0.717, 1.165) is 12.2 Å². The van der Waals surface area contributed by atoms with Crippen LogP contribution in [0.25, 0.3) is 0 Å². The Morgan fingerprint density at radius 1 is 1.44 bits per heavy atom. The normalized spacial score (nSPS) is 25.4. The Kier molecular flexibility index (Phi) is 7.64. The molecule has 108 valence electrons. The first kappa shape index (κ1) is 18.1. The van der Waals surface area contributed by atoms with Gasteiger partial charge in [0, 0.05) is 11.3 Å². The van der Waals surface area contributed by atoms with Crippen LogP contribution < -0.4 is 11.1 Å². The SMILES string of the molecule is CCSC1CCCC1NC(=O)[C@@H](N)C(C)(C)C.Cl.